The average molecular weight is 438 g/mol. The first-order valence-electron chi connectivity index (χ1n) is 10.7. The van der Waals surface area contributed by atoms with E-state index in [1.54, 1.807) is 19.9 Å². The fourth-order valence-electron chi connectivity index (χ4n) is 3.73. The zero-order valence-corrected chi connectivity index (χ0v) is 20.0. The molecule has 6 nitrogen and oxygen atoms in total. The Kier molecular flexibility index (Phi) is 8.32. The van der Waals surface area contributed by atoms with E-state index < -0.39 is 24.8 Å². The molecule has 1 aliphatic carbocycles. The van der Waals surface area contributed by atoms with Crippen molar-refractivity contribution in [2.24, 2.45) is 0 Å². The zero-order valence-electron chi connectivity index (χ0n) is 19.1. The van der Waals surface area contributed by atoms with Crippen LogP contribution in [0.4, 0.5) is 4.79 Å². The Bertz CT molecular complexity index is 774. The number of hydrogen-bond acceptors (Lipinski definition) is 5. The standard InChI is InChI=1S/C23H36NO5P/c1-7-27-30(26,28-8-2)16-15-23(24-21(25)29-22(4,5)6)14-13-20(17-23)19-11-9-18(3)10-12-19/h9-12,15-16,20H,7-8,13-14,17H2,1-6H3,(H,24,25)/b16-15+/t20-,23-/m0/s1. The topological polar surface area (TPSA) is 73.9 Å². The van der Waals surface area contributed by atoms with Crippen molar-refractivity contribution < 1.29 is 23.1 Å². The number of rotatable bonds is 8. The number of carbonyl (C=O) groups is 1. The Balaban J connectivity index is 2.29. The second-order valence-corrected chi connectivity index (χ2v) is 10.7. The molecule has 1 fully saturated rings. The highest BCUT2D eigenvalue weighted by Crippen LogP contribution is 2.51. The Morgan fingerprint density at radius 1 is 1.20 bits per heavy atom. The minimum atomic E-state index is -3.37. The lowest BCUT2D eigenvalue weighted by Crippen LogP contribution is -2.47. The quantitative estimate of drug-likeness (QED) is 0.483. The highest BCUT2D eigenvalue weighted by molar-refractivity contribution is 7.57. The van der Waals surface area contributed by atoms with E-state index in [0.717, 1.165) is 6.42 Å². The van der Waals surface area contributed by atoms with Crippen LogP contribution in [0.1, 0.15) is 70.9 Å². The highest BCUT2D eigenvalue weighted by atomic mass is 31.2. The van der Waals surface area contributed by atoms with Gasteiger partial charge in [-0.1, -0.05) is 35.9 Å². The van der Waals surface area contributed by atoms with Crippen molar-refractivity contribution in [2.45, 2.75) is 77.9 Å². The molecule has 0 radical (unpaired) electrons. The number of hydrogen-bond donors (Lipinski definition) is 1. The van der Waals surface area contributed by atoms with Gasteiger partial charge in [0.15, 0.2) is 0 Å². The normalized spacial score (nSPS) is 22.4. The van der Waals surface area contributed by atoms with E-state index in [4.69, 9.17) is 13.8 Å². The molecule has 1 aromatic rings. The minimum absolute atomic E-state index is 0.278. The largest absolute Gasteiger partial charge is 0.444 e. The maximum absolute atomic E-state index is 12.9. The van der Waals surface area contributed by atoms with Gasteiger partial charge in [0.2, 0.25) is 0 Å². The third-order valence-electron chi connectivity index (χ3n) is 5.04. The molecule has 7 heteroatoms. The third-order valence-corrected chi connectivity index (χ3v) is 6.79. The van der Waals surface area contributed by atoms with Crippen molar-refractivity contribution in [3.63, 3.8) is 0 Å². The van der Waals surface area contributed by atoms with Gasteiger partial charge in [-0.25, -0.2) is 4.79 Å². The lowest BCUT2D eigenvalue weighted by atomic mass is 9.92. The predicted molar refractivity (Wildman–Crippen MR) is 120 cm³/mol. The van der Waals surface area contributed by atoms with Gasteiger partial charge < -0.3 is 19.1 Å². The summed E-state index contributed by atoms with van der Waals surface area (Å²) in [6.45, 7) is 11.7. The SMILES string of the molecule is CCOP(=O)(/C=C/[C@@]1(NC(=O)OC(C)(C)C)CC[C@H](c2ccc(C)cc2)C1)OCC. The first kappa shape index (κ1) is 24.6. The molecule has 0 aromatic heterocycles. The molecule has 0 saturated heterocycles. The van der Waals surface area contributed by atoms with Crippen molar-refractivity contribution in [1.82, 2.24) is 5.32 Å². The summed E-state index contributed by atoms with van der Waals surface area (Å²) in [5.74, 6) is 1.78. The van der Waals surface area contributed by atoms with E-state index >= 15 is 0 Å². The average Bonchev–Trinajstić information content (AvgIpc) is 3.04. The fraction of sp³-hybridized carbons (Fsp3) is 0.609. The van der Waals surface area contributed by atoms with Crippen LogP contribution in [0, 0.1) is 6.92 Å². The second-order valence-electron chi connectivity index (χ2n) is 8.82. The van der Waals surface area contributed by atoms with E-state index in [1.165, 1.54) is 16.9 Å². The molecule has 2 rings (SSSR count). The van der Waals surface area contributed by atoms with Gasteiger partial charge in [0.05, 0.1) is 18.8 Å². The molecule has 1 aliphatic rings. The molecule has 0 heterocycles. The van der Waals surface area contributed by atoms with Gasteiger partial charge in [0.25, 0.3) is 0 Å². The first-order chi connectivity index (χ1) is 14.0. The number of benzene rings is 1. The first-order valence-corrected chi connectivity index (χ1v) is 12.3. The monoisotopic (exact) mass is 437 g/mol. The van der Waals surface area contributed by atoms with Crippen LogP contribution in [-0.2, 0) is 18.3 Å². The van der Waals surface area contributed by atoms with E-state index in [2.05, 4.69) is 36.5 Å². The van der Waals surface area contributed by atoms with Crippen molar-refractivity contribution >= 4 is 13.7 Å². The Labute approximate surface area is 180 Å². The lowest BCUT2D eigenvalue weighted by Gasteiger charge is -2.30. The molecule has 2 atom stereocenters. The summed E-state index contributed by atoms with van der Waals surface area (Å²) in [4.78, 5) is 12.6. The maximum Gasteiger partial charge on any atom is 0.408 e. The van der Waals surface area contributed by atoms with Gasteiger partial charge in [0, 0.05) is 5.82 Å². The van der Waals surface area contributed by atoms with Gasteiger partial charge in [-0.3, -0.25) is 4.57 Å². The molecule has 0 aliphatic heterocycles. The number of alkyl carbamates (subject to hydrolysis) is 1. The third kappa shape index (κ3) is 7.26. The van der Waals surface area contributed by atoms with Crippen molar-refractivity contribution in [3.8, 4) is 0 Å². The second kappa shape index (κ2) is 10.1. The van der Waals surface area contributed by atoms with Crippen LogP contribution in [0.25, 0.3) is 0 Å². The van der Waals surface area contributed by atoms with E-state index in [9.17, 15) is 9.36 Å². The number of carbonyl (C=O) groups excluding carboxylic acids is 1. The molecule has 1 aromatic carbocycles. The Morgan fingerprint density at radius 3 is 2.33 bits per heavy atom. The van der Waals surface area contributed by atoms with Crippen LogP contribution in [0.5, 0.6) is 0 Å². The lowest BCUT2D eigenvalue weighted by molar-refractivity contribution is 0.0478. The maximum atomic E-state index is 12.9. The van der Waals surface area contributed by atoms with Crippen molar-refractivity contribution in [1.29, 1.82) is 0 Å². The van der Waals surface area contributed by atoms with Gasteiger partial charge in [-0.15, -0.1) is 0 Å². The minimum Gasteiger partial charge on any atom is -0.444 e. The van der Waals surface area contributed by atoms with E-state index in [0.29, 0.717) is 12.8 Å². The Morgan fingerprint density at radius 2 is 1.80 bits per heavy atom. The summed E-state index contributed by atoms with van der Waals surface area (Å²) in [5.41, 5.74) is 1.17. The molecule has 1 saturated carbocycles. The molecule has 1 amide bonds. The van der Waals surface area contributed by atoms with Gasteiger partial charge in [-0.2, -0.15) is 0 Å². The van der Waals surface area contributed by atoms with Crippen molar-refractivity contribution in [2.75, 3.05) is 13.2 Å². The molecule has 30 heavy (non-hydrogen) atoms. The van der Waals surface area contributed by atoms with Crippen molar-refractivity contribution in [3.05, 3.63) is 47.3 Å². The number of amides is 1. The number of nitrogens with one attached hydrogen (secondary N) is 1. The predicted octanol–water partition coefficient (Wildman–Crippen LogP) is 6.31. The summed E-state index contributed by atoms with van der Waals surface area (Å²) in [6.07, 6.45) is 3.59. The van der Waals surface area contributed by atoms with Gasteiger partial charge in [-0.05, 0) is 72.3 Å². The highest BCUT2D eigenvalue weighted by Gasteiger charge is 2.41. The molecule has 0 spiro atoms. The molecular formula is C23H36NO5P. The van der Waals surface area contributed by atoms with Crippen LogP contribution < -0.4 is 5.32 Å². The number of aryl methyl sites for hydroxylation is 1. The molecule has 0 unspecified atom stereocenters. The van der Waals surface area contributed by atoms with Gasteiger partial charge in [0.1, 0.15) is 5.60 Å². The van der Waals surface area contributed by atoms with Gasteiger partial charge >= 0.3 is 13.7 Å². The molecule has 168 valence electrons. The summed E-state index contributed by atoms with van der Waals surface area (Å²) in [7, 11) is -3.37. The number of ether oxygens (including phenoxy) is 1. The molecule has 1 N–H and O–H groups in total. The van der Waals surface area contributed by atoms with Crippen LogP contribution >= 0.6 is 7.60 Å². The summed E-state index contributed by atoms with van der Waals surface area (Å²) in [6, 6.07) is 8.48. The Hall–Kier alpha value is -1.62. The summed E-state index contributed by atoms with van der Waals surface area (Å²) < 4.78 is 29.2. The zero-order chi connectivity index (χ0) is 22.4. The molecule has 0 bridgehead atoms. The van der Waals surface area contributed by atoms with Crippen LogP contribution in [0.3, 0.4) is 0 Å². The van der Waals surface area contributed by atoms with E-state index in [1.807, 2.05) is 20.8 Å². The van der Waals surface area contributed by atoms with Crippen LogP contribution in [0.2, 0.25) is 0 Å². The van der Waals surface area contributed by atoms with Crippen LogP contribution in [0.15, 0.2) is 36.2 Å². The fourth-order valence-corrected chi connectivity index (χ4v) is 5.16. The smallest absolute Gasteiger partial charge is 0.408 e. The summed E-state index contributed by atoms with van der Waals surface area (Å²) in [5, 5.41) is 3.04. The molecular weight excluding hydrogens is 401 g/mol. The van der Waals surface area contributed by atoms with E-state index in [-0.39, 0.29) is 19.1 Å². The van der Waals surface area contributed by atoms with Crippen LogP contribution in [-0.4, -0.2) is 30.4 Å². The summed E-state index contributed by atoms with van der Waals surface area (Å²) >= 11 is 0.